The van der Waals surface area contributed by atoms with E-state index in [1.807, 2.05) is 43.9 Å². The van der Waals surface area contributed by atoms with Crippen LogP contribution in [0.3, 0.4) is 0 Å². The van der Waals surface area contributed by atoms with Crippen LogP contribution in [0, 0.1) is 20.8 Å². The second-order valence-electron chi connectivity index (χ2n) is 8.50. The Morgan fingerprint density at radius 2 is 1.88 bits per heavy atom. The molecule has 0 aliphatic heterocycles. The first-order valence-corrected chi connectivity index (χ1v) is 11.4. The highest BCUT2D eigenvalue weighted by molar-refractivity contribution is 5.92. The number of aryl methyl sites for hydroxylation is 2. The van der Waals surface area contributed by atoms with Gasteiger partial charge in [-0.2, -0.15) is 0 Å². The fourth-order valence-electron chi connectivity index (χ4n) is 4.47. The number of rotatable bonds is 7. The van der Waals surface area contributed by atoms with Crippen LogP contribution in [-0.2, 0) is 11.3 Å². The lowest BCUT2D eigenvalue weighted by atomic mass is 9.93. The number of nitrogens with one attached hydrogen (secondary N) is 2. The molecule has 32 heavy (non-hydrogen) atoms. The summed E-state index contributed by atoms with van der Waals surface area (Å²) in [7, 11) is 1.60. The third-order valence-corrected chi connectivity index (χ3v) is 6.27. The molecule has 1 aliphatic carbocycles. The van der Waals surface area contributed by atoms with Crippen molar-refractivity contribution in [2.24, 2.45) is 0 Å². The van der Waals surface area contributed by atoms with Gasteiger partial charge in [-0.25, -0.2) is 9.59 Å². The zero-order chi connectivity index (χ0) is 23.3. The van der Waals surface area contributed by atoms with Crippen LogP contribution in [0.1, 0.15) is 71.9 Å². The van der Waals surface area contributed by atoms with Crippen molar-refractivity contribution in [2.75, 3.05) is 19.0 Å². The van der Waals surface area contributed by atoms with Gasteiger partial charge in [0, 0.05) is 18.3 Å². The number of esters is 1. The molecule has 0 saturated heterocycles. The van der Waals surface area contributed by atoms with E-state index < -0.39 is 0 Å². The summed E-state index contributed by atoms with van der Waals surface area (Å²) in [6.07, 6.45) is 5.38. The Labute approximate surface area is 190 Å². The molecule has 0 atom stereocenters. The number of amides is 2. The number of benzene rings is 1. The topological polar surface area (TPSA) is 83.7 Å². The zero-order valence-corrected chi connectivity index (χ0v) is 19.8. The average Bonchev–Trinajstić information content (AvgIpc) is 3.06. The highest BCUT2D eigenvalue weighted by Gasteiger charge is 2.29. The van der Waals surface area contributed by atoms with Gasteiger partial charge < -0.3 is 24.7 Å². The van der Waals surface area contributed by atoms with Crippen molar-refractivity contribution >= 4 is 17.7 Å². The van der Waals surface area contributed by atoms with E-state index >= 15 is 0 Å². The van der Waals surface area contributed by atoms with Crippen molar-refractivity contribution in [3.05, 3.63) is 46.3 Å². The summed E-state index contributed by atoms with van der Waals surface area (Å²) >= 11 is 0. The first-order chi connectivity index (χ1) is 15.3. The van der Waals surface area contributed by atoms with Crippen molar-refractivity contribution in [1.29, 1.82) is 0 Å². The van der Waals surface area contributed by atoms with Crippen LogP contribution in [0.25, 0.3) is 0 Å². The first-order valence-electron chi connectivity index (χ1n) is 11.4. The Kier molecular flexibility index (Phi) is 7.83. The average molecular weight is 442 g/mol. The van der Waals surface area contributed by atoms with Gasteiger partial charge in [-0.1, -0.05) is 25.3 Å². The summed E-state index contributed by atoms with van der Waals surface area (Å²) in [5, 5.41) is 3.07. The first kappa shape index (κ1) is 23.7. The Morgan fingerprint density at radius 3 is 2.53 bits per heavy atom. The molecule has 2 aromatic rings. The van der Waals surface area contributed by atoms with E-state index in [1.54, 1.807) is 14.0 Å². The highest BCUT2D eigenvalue weighted by Crippen LogP contribution is 2.30. The van der Waals surface area contributed by atoms with Gasteiger partial charge in [-0.05, 0) is 69.4 Å². The molecule has 1 aromatic heterocycles. The predicted molar refractivity (Wildman–Crippen MR) is 125 cm³/mol. The fraction of sp³-hybridized carbons (Fsp3) is 0.520. The number of methoxy groups -OCH3 is 1. The third-order valence-electron chi connectivity index (χ3n) is 6.27. The van der Waals surface area contributed by atoms with Gasteiger partial charge >= 0.3 is 12.0 Å². The molecule has 3 rings (SSSR count). The van der Waals surface area contributed by atoms with E-state index in [0.29, 0.717) is 30.3 Å². The second-order valence-corrected chi connectivity index (χ2v) is 8.50. The minimum absolute atomic E-state index is 0.152. The molecule has 7 heteroatoms. The summed E-state index contributed by atoms with van der Waals surface area (Å²) in [5.74, 6) is 0.267. The Bertz CT molecular complexity index is 960. The molecule has 0 radical (unpaired) electrons. The lowest BCUT2D eigenvalue weighted by Crippen LogP contribution is -2.43. The lowest BCUT2D eigenvalue weighted by molar-refractivity contribution is 0.0519. The Balaban J connectivity index is 1.90. The van der Waals surface area contributed by atoms with Gasteiger partial charge in [-0.15, -0.1) is 0 Å². The van der Waals surface area contributed by atoms with Gasteiger partial charge in [0.1, 0.15) is 11.4 Å². The number of carbonyl (C=O) groups is 2. The van der Waals surface area contributed by atoms with Gasteiger partial charge in [0.15, 0.2) is 0 Å². The van der Waals surface area contributed by atoms with Crippen LogP contribution < -0.4 is 10.1 Å². The minimum Gasteiger partial charge on any atom is -0.495 e. The molecule has 0 spiro atoms. The molecule has 2 N–H and O–H groups in total. The number of aromatic nitrogens is 1. The van der Waals surface area contributed by atoms with Crippen LogP contribution in [0.15, 0.2) is 18.2 Å². The fourth-order valence-corrected chi connectivity index (χ4v) is 4.47. The monoisotopic (exact) mass is 441 g/mol. The normalized spacial score (nSPS) is 14.2. The number of hydrogen-bond acceptors (Lipinski definition) is 4. The smallest absolute Gasteiger partial charge is 0.355 e. The number of carbonyl (C=O) groups excluding carboxylic acids is 2. The summed E-state index contributed by atoms with van der Waals surface area (Å²) in [4.78, 5) is 30.9. The van der Waals surface area contributed by atoms with E-state index in [-0.39, 0.29) is 18.0 Å². The van der Waals surface area contributed by atoms with E-state index in [2.05, 4.69) is 10.3 Å². The molecule has 1 aliphatic rings. The SMILES string of the molecule is CCOC(=O)c1[nH]c(C)c(CN(C(=O)Nc2cc(C)ccc2OC)C2CCCCC2)c1C. The van der Waals surface area contributed by atoms with Gasteiger partial charge in [0.05, 0.1) is 19.4 Å². The summed E-state index contributed by atoms with van der Waals surface area (Å²) in [5.41, 5.74) is 4.85. The van der Waals surface area contributed by atoms with Gasteiger partial charge in [0.25, 0.3) is 0 Å². The van der Waals surface area contributed by atoms with Gasteiger partial charge in [0.2, 0.25) is 0 Å². The number of hydrogen-bond donors (Lipinski definition) is 2. The number of ether oxygens (including phenoxy) is 2. The van der Waals surface area contributed by atoms with Gasteiger partial charge in [-0.3, -0.25) is 0 Å². The van der Waals surface area contributed by atoms with Crippen LogP contribution >= 0.6 is 0 Å². The van der Waals surface area contributed by atoms with Crippen molar-refractivity contribution in [3.8, 4) is 5.75 Å². The molecule has 0 bridgehead atoms. The van der Waals surface area contributed by atoms with E-state index in [9.17, 15) is 9.59 Å². The maximum Gasteiger partial charge on any atom is 0.355 e. The number of anilines is 1. The van der Waals surface area contributed by atoms with Crippen molar-refractivity contribution < 1.29 is 19.1 Å². The second kappa shape index (κ2) is 10.6. The maximum absolute atomic E-state index is 13.5. The molecule has 1 saturated carbocycles. The number of aromatic amines is 1. The van der Waals surface area contributed by atoms with Crippen LogP contribution in [0.4, 0.5) is 10.5 Å². The van der Waals surface area contributed by atoms with Crippen molar-refractivity contribution in [1.82, 2.24) is 9.88 Å². The third kappa shape index (κ3) is 5.26. The molecule has 7 nitrogen and oxygen atoms in total. The standard InChI is InChI=1S/C25H35N3O4/c1-6-32-24(29)23-17(3)20(18(4)26-23)15-28(19-10-8-7-9-11-19)25(30)27-21-14-16(2)12-13-22(21)31-5/h12-14,19,26H,6-11,15H2,1-5H3,(H,27,30). The molecule has 1 fully saturated rings. The summed E-state index contributed by atoms with van der Waals surface area (Å²) in [6, 6.07) is 5.73. The summed E-state index contributed by atoms with van der Waals surface area (Å²) < 4.78 is 10.6. The minimum atomic E-state index is -0.363. The molecule has 0 unspecified atom stereocenters. The van der Waals surface area contributed by atoms with Crippen molar-refractivity contribution in [3.63, 3.8) is 0 Å². The maximum atomic E-state index is 13.5. The zero-order valence-electron chi connectivity index (χ0n) is 19.8. The molecule has 2 amide bonds. The molecular weight excluding hydrogens is 406 g/mol. The van der Waals surface area contributed by atoms with E-state index in [4.69, 9.17) is 9.47 Å². The largest absolute Gasteiger partial charge is 0.495 e. The van der Waals surface area contributed by atoms with E-state index in [0.717, 1.165) is 48.1 Å². The molecule has 174 valence electrons. The Hall–Kier alpha value is -2.96. The van der Waals surface area contributed by atoms with E-state index in [1.165, 1.54) is 6.42 Å². The van der Waals surface area contributed by atoms with Crippen molar-refractivity contribution in [2.45, 2.75) is 72.4 Å². The highest BCUT2D eigenvalue weighted by atomic mass is 16.5. The molecule has 1 aromatic carbocycles. The molecular formula is C25H35N3O4. The quantitative estimate of drug-likeness (QED) is 0.556. The lowest BCUT2D eigenvalue weighted by Gasteiger charge is -2.35. The van der Waals surface area contributed by atoms with Crippen LogP contribution in [-0.4, -0.2) is 41.6 Å². The summed E-state index contributed by atoms with van der Waals surface area (Å²) in [6.45, 7) is 8.37. The van der Waals surface area contributed by atoms with Crippen LogP contribution in [0.5, 0.6) is 5.75 Å². The van der Waals surface area contributed by atoms with Crippen LogP contribution in [0.2, 0.25) is 0 Å². The number of urea groups is 1. The number of nitrogens with zero attached hydrogens (tertiary/aromatic N) is 1. The number of H-pyrrole nitrogens is 1. The predicted octanol–water partition coefficient (Wildman–Crippen LogP) is 5.49. The molecule has 1 heterocycles. The Morgan fingerprint density at radius 1 is 1.16 bits per heavy atom.